The third-order valence-electron chi connectivity index (χ3n) is 2.93. The lowest BCUT2D eigenvalue weighted by atomic mass is 10.1. The molecule has 0 bridgehead atoms. The highest BCUT2D eigenvalue weighted by Gasteiger charge is 2.21. The summed E-state index contributed by atoms with van der Waals surface area (Å²) in [4.78, 5) is 0. The minimum absolute atomic E-state index is 0.267. The molecule has 0 saturated heterocycles. The molecule has 5 heteroatoms. The summed E-state index contributed by atoms with van der Waals surface area (Å²) in [5, 5.41) is 8.94. The molecule has 0 amide bonds. The van der Waals surface area contributed by atoms with Crippen LogP contribution in [-0.4, -0.2) is 14.8 Å². The molecule has 0 aliphatic heterocycles. The van der Waals surface area contributed by atoms with Crippen LogP contribution in [-0.2, 0) is 0 Å². The summed E-state index contributed by atoms with van der Waals surface area (Å²) >= 11 is 6.17. The molecule has 0 saturated carbocycles. The zero-order valence-corrected chi connectivity index (χ0v) is 11.5. The first-order chi connectivity index (χ1) is 8.52. The highest BCUT2D eigenvalue weighted by molar-refractivity contribution is 6.31. The number of hydrogen-bond acceptors (Lipinski definition) is 3. The highest BCUT2D eigenvalue weighted by Crippen LogP contribution is 2.27. The molecule has 1 heterocycles. The van der Waals surface area contributed by atoms with E-state index in [0.29, 0.717) is 5.02 Å². The Morgan fingerprint density at radius 1 is 1.22 bits per heavy atom. The van der Waals surface area contributed by atoms with E-state index in [1.807, 2.05) is 35.8 Å². The first kappa shape index (κ1) is 13.1. The molecule has 2 rings (SSSR count). The van der Waals surface area contributed by atoms with Gasteiger partial charge >= 0.3 is 0 Å². The predicted molar refractivity (Wildman–Crippen MR) is 72.6 cm³/mol. The van der Waals surface area contributed by atoms with E-state index in [0.717, 1.165) is 17.2 Å². The number of nitrogens with two attached hydrogens (primary N) is 1. The highest BCUT2D eigenvalue weighted by atomic mass is 35.5. The summed E-state index contributed by atoms with van der Waals surface area (Å²) in [5.41, 5.74) is 7.13. The Bertz CT molecular complexity index is 548. The normalized spacial score (nSPS) is 13.0. The second-order valence-electron chi connectivity index (χ2n) is 4.57. The van der Waals surface area contributed by atoms with Crippen LogP contribution in [0.3, 0.4) is 0 Å². The van der Waals surface area contributed by atoms with E-state index in [1.54, 1.807) is 0 Å². The maximum Gasteiger partial charge on any atom is 0.154 e. The Hall–Kier alpha value is -1.39. The maximum atomic E-state index is 6.26. The molecule has 0 unspecified atom stereocenters. The van der Waals surface area contributed by atoms with Gasteiger partial charge in [0.1, 0.15) is 5.82 Å². The average molecular weight is 265 g/mol. The number of nitrogens with zero attached hydrogens (tertiary/aromatic N) is 3. The number of halogens is 1. The maximum absolute atomic E-state index is 6.26. The molecule has 0 aliphatic carbocycles. The smallest absolute Gasteiger partial charge is 0.154 e. The van der Waals surface area contributed by atoms with E-state index in [4.69, 9.17) is 17.3 Å². The van der Waals surface area contributed by atoms with Crippen molar-refractivity contribution in [3.63, 3.8) is 0 Å². The van der Waals surface area contributed by atoms with Crippen molar-refractivity contribution in [1.82, 2.24) is 14.8 Å². The van der Waals surface area contributed by atoms with Crippen molar-refractivity contribution in [3.05, 3.63) is 46.5 Å². The van der Waals surface area contributed by atoms with Gasteiger partial charge in [0.15, 0.2) is 5.82 Å². The number of benzene rings is 1. The lowest BCUT2D eigenvalue weighted by Gasteiger charge is -2.17. The summed E-state index contributed by atoms with van der Waals surface area (Å²) in [7, 11) is 0. The molecule has 0 fully saturated rings. The SMILES string of the molecule is Cc1nnc([C@H](N)c2ccccc2Cl)n1C(C)C. The average Bonchev–Trinajstić information content (AvgIpc) is 2.71. The minimum atomic E-state index is -0.359. The summed E-state index contributed by atoms with van der Waals surface area (Å²) in [6.07, 6.45) is 0. The molecule has 1 aromatic carbocycles. The third kappa shape index (κ3) is 2.26. The zero-order chi connectivity index (χ0) is 13.3. The van der Waals surface area contributed by atoms with Gasteiger partial charge in [0, 0.05) is 11.1 Å². The Morgan fingerprint density at radius 2 is 1.89 bits per heavy atom. The summed E-state index contributed by atoms with van der Waals surface area (Å²) < 4.78 is 2.04. The number of rotatable bonds is 3. The molecule has 0 radical (unpaired) electrons. The van der Waals surface area contributed by atoms with E-state index in [-0.39, 0.29) is 12.1 Å². The van der Waals surface area contributed by atoms with Gasteiger partial charge in [-0.3, -0.25) is 0 Å². The van der Waals surface area contributed by atoms with Gasteiger partial charge in [-0.25, -0.2) is 0 Å². The molecule has 1 atom stereocenters. The molecular weight excluding hydrogens is 248 g/mol. The molecule has 0 spiro atoms. The second-order valence-corrected chi connectivity index (χ2v) is 4.98. The molecule has 0 aliphatic rings. The van der Waals surface area contributed by atoms with Gasteiger partial charge in [0.2, 0.25) is 0 Å². The molecule has 4 nitrogen and oxygen atoms in total. The summed E-state index contributed by atoms with van der Waals surface area (Å²) in [6.45, 7) is 6.09. The lowest BCUT2D eigenvalue weighted by molar-refractivity contribution is 0.540. The fourth-order valence-electron chi connectivity index (χ4n) is 2.10. The van der Waals surface area contributed by atoms with Gasteiger partial charge in [-0.2, -0.15) is 0 Å². The topological polar surface area (TPSA) is 56.7 Å². The van der Waals surface area contributed by atoms with Crippen LogP contribution >= 0.6 is 11.6 Å². The van der Waals surface area contributed by atoms with Crippen molar-refractivity contribution in [2.75, 3.05) is 0 Å². The quantitative estimate of drug-likeness (QED) is 0.927. The molecular formula is C13H17ClN4. The van der Waals surface area contributed by atoms with Gasteiger partial charge in [0.25, 0.3) is 0 Å². The zero-order valence-electron chi connectivity index (χ0n) is 10.8. The summed E-state index contributed by atoms with van der Waals surface area (Å²) in [6, 6.07) is 7.47. The van der Waals surface area contributed by atoms with Gasteiger partial charge in [0.05, 0.1) is 6.04 Å². The van der Waals surface area contributed by atoms with Gasteiger partial charge in [-0.1, -0.05) is 29.8 Å². The van der Waals surface area contributed by atoms with E-state index >= 15 is 0 Å². The van der Waals surface area contributed by atoms with Gasteiger partial charge in [-0.15, -0.1) is 10.2 Å². The number of hydrogen-bond donors (Lipinski definition) is 1. The van der Waals surface area contributed by atoms with E-state index in [2.05, 4.69) is 24.0 Å². The van der Waals surface area contributed by atoms with Crippen LogP contribution in [0.2, 0.25) is 5.02 Å². The minimum Gasteiger partial charge on any atom is -0.318 e. The first-order valence-corrected chi connectivity index (χ1v) is 6.31. The van der Waals surface area contributed by atoms with Crippen LogP contribution < -0.4 is 5.73 Å². The van der Waals surface area contributed by atoms with Crippen molar-refractivity contribution in [2.45, 2.75) is 32.9 Å². The van der Waals surface area contributed by atoms with Crippen LogP contribution in [0, 0.1) is 6.92 Å². The van der Waals surface area contributed by atoms with E-state index in [1.165, 1.54) is 0 Å². The van der Waals surface area contributed by atoms with Crippen LogP contribution in [0.1, 0.15) is 43.1 Å². The molecule has 2 N–H and O–H groups in total. The van der Waals surface area contributed by atoms with Crippen molar-refractivity contribution >= 4 is 11.6 Å². The van der Waals surface area contributed by atoms with E-state index < -0.39 is 0 Å². The van der Waals surface area contributed by atoms with Gasteiger partial charge < -0.3 is 10.3 Å². The van der Waals surface area contributed by atoms with Crippen molar-refractivity contribution in [3.8, 4) is 0 Å². The number of aryl methyl sites for hydroxylation is 1. The third-order valence-corrected chi connectivity index (χ3v) is 3.27. The van der Waals surface area contributed by atoms with Crippen molar-refractivity contribution < 1.29 is 0 Å². The first-order valence-electron chi connectivity index (χ1n) is 5.93. The van der Waals surface area contributed by atoms with E-state index in [9.17, 15) is 0 Å². The standard InChI is InChI=1S/C13H17ClN4/c1-8(2)18-9(3)16-17-13(18)12(15)10-6-4-5-7-11(10)14/h4-8,12H,15H2,1-3H3/t12-/m1/s1. The van der Waals surface area contributed by atoms with Crippen LogP contribution in [0.25, 0.3) is 0 Å². The Balaban J connectivity index is 2.47. The van der Waals surface area contributed by atoms with Crippen LogP contribution in [0.5, 0.6) is 0 Å². The van der Waals surface area contributed by atoms with Gasteiger partial charge in [-0.05, 0) is 32.4 Å². The molecule has 96 valence electrons. The van der Waals surface area contributed by atoms with Crippen LogP contribution in [0.15, 0.2) is 24.3 Å². The Kier molecular flexibility index (Phi) is 3.68. The fraction of sp³-hybridized carbons (Fsp3) is 0.385. The number of aromatic nitrogens is 3. The largest absolute Gasteiger partial charge is 0.318 e. The van der Waals surface area contributed by atoms with Crippen LogP contribution in [0.4, 0.5) is 0 Å². The van der Waals surface area contributed by atoms with Crippen molar-refractivity contribution in [2.24, 2.45) is 5.73 Å². The monoisotopic (exact) mass is 264 g/mol. The molecule has 18 heavy (non-hydrogen) atoms. The Labute approximate surface area is 112 Å². The molecule has 1 aromatic heterocycles. The fourth-order valence-corrected chi connectivity index (χ4v) is 2.36. The molecule has 2 aromatic rings. The summed E-state index contributed by atoms with van der Waals surface area (Å²) in [5.74, 6) is 1.61. The lowest BCUT2D eigenvalue weighted by Crippen LogP contribution is -2.20. The predicted octanol–water partition coefficient (Wildman–Crippen LogP) is 2.87. The van der Waals surface area contributed by atoms with Crippen molar-refractivity contribution in [1.29, 1.82) is 0 Å². The Morgan fingerprint density at radius 3 is 2.50 bits per heavy atom. The second kappa shape index (κ2) is 5.08.